The van der Waals surface area contributed by atoms with Crippen LogP contribution in [-0.2, 0) is 18.3 Å². The Kier molecular flexibility index (Phi) is 5.51. The highest BCUT2D eigenvalue weighted by Gasteiger charge is 2.45. The molecular weight excluding hydrogens is 471 g/mol. The standard InChI is InChI=1S/C28H27FN6O2/c1-14-10-16(27-32-34-35(3)33-27)11-15(2)25(14)18-5-7-22(29)26-19(18)6-9-24(26)31-17-4-8-23(30-13-17)20-12-21(20)28(36)37/h4-5,7-8,10-11,13,20-21,24,31H,6,9,12H2,1-3H3,(H,36,37)/t20-,21-,24?/m0/s1. The van der Waals surface area contributed by atoms with E-state index in [1.807, 2.05) is 18.2 Å². The third kappa shape index (κ3) is 4.14. The summed E-state index contributed by atoms with van der Waals surface area (Å²) < 4.78 is 15.2. The topological polar surface area (TPSA) is 106 Å². The molecule has 37 heavy (non-hydrogen) atoms. The van der Waals surface area contributed by atoms with Crippen molar-refractivity contribution in [3.05, 3.63) is 76.4 Å². The van der Waals surface area contributed by atoms with Crippen LogP contribution in [0.5, 0.6) is 0 Å². The van der Waals surface area contributed by atoms with Gasteiger partial charge in [0.05, 0.1) is 30.9 Å². The molecule has 2 aliphatic rings. The van der Waals surface area contributed by atoms with Crippen molar-refractivity contribution in [1.82, 2.24) is 25.2 Å². The van der Waals surface area contributed by atoms with Gasteiger partial charge in [0.15, 0.2) is 0 Å². The van der Waals surface area contributed by atoms with E-state index in [2.05, 4.69) is 51.7 Å². The van der Waals surface area contributed by atoms with Gasteiger partial charge in [-0.3, -0.25) is 9.78 Å². The molecule has 2 aliphatic carbocycles. The lowest BCUT2D eigenvalue weighted by Gasteiger charge is -2.19. The minimum absolute atomic E-state index is 0.0126. The van der Waals surface area contributed by atoms with Crippen molar-refractivity contribution in [1.29, 1.82) is 0 Å². The Morgan fingerprint density at radius 3 is 2.57 bits per heavy atom. The van der Waals surface area contributed by atoms with Crippen molar-refractivity contribution < 1.29 is 14.3 Å². The molecule has 0 saturated heterocycles. The minimum Gasteiger partial charge on any atom is -0.481 e. The first kappa shape index (κ1) is 23.3. The average molecular weight is 499 g/mol. The Balaban J connectivity index is 1.29. The molecular formula is C28H27FN6O2. The van der Waals surface area contributed by atoms with E-state index >= 15 is 4.39 Å². The lowest BCUT2D eigenvalue weighted by Crippen LogP contribution is -2.10. The van der Waals surface area contributed by atoms with Gasteiger partial charge in [0, 0.05) is 22.7 Å². The highest BCUT2D eigenvalue weighted by atomic mass is 19.1. The molecule has 0 amide bonds. The molecule has 0 bridgehead atoms. The van der Waals surface area contributed by atoms with Gasteiger partial charge < -0.3 is 10.4 Å². The van der Waals surface area contributed by atoms with Crippen molar-refractivity contribution in [2.45, 2.75) is 45.1 Å². The number of rotatable bonds is 6. The maximum Gasteiger partial charge on any atom is 0.307 e. The molecule has 1 saturated carbocycles. The highest BCUT2D eigenvalue weighted by Crippen LogP contribution is 2.47. The molecule has 0 aliphatic heterocycles. The quantitative estimate of drug-likeness (QED) is 0.386. The lowest BCUT2D eigenvalue weighted by molar-refractivity contribution is -0.138. The van der Waals surface area contributed by atoms with Gasteiger partial charge in [-0.2, -0.15) is 4.80 Å². The zero-order valence-electron chi connectivity index (χ0n) is 20.9. The minimum atomic E-state index is -0.770. The van der Waals surface area contributed by atoms with E-state index in [0.717, 1.165) is 57.6 Å². The largest absolute Gasteiger partial charge is 0.481 e. The second-order valence-corrected chi connectivity index (χ2v) is 10.1. The molecule has 188 valence electrons. The Morgan fingerprint density at radius 2 is 1.95 bits per heavy atom. The molecule has 3 atom stereocenters. The van der Waals surface area contributed by atoms with E-state index in [-0.39, 0.29) is 23.7 Å². The van der Waals surface area contributed by atoms with E-state index in [1.165, 1.54) is 4.80 Å². The number of aryl methyl sites for hydroxylation is 3. The molecule has 2 aromatic heterocycles. The number of aromatic nitrogens is 5. The smallest absolute Gasteiger partial charge is 0.307 e. The van der Waals surface area contributed by atoms with Gasteiger partial charge >= 0.3 is 5.97 Å². The van der Waals surface area contributed by atoms with Crippen molar-refractivity contribution in [2.75, 3.05) is 5.32 Å². The van der Waals surface area contributed by atoms with Crippen LogP contribution >= 0.6 is 0 Å². The fraction of sp³-hybridized carbons (Fsp3) is 0.321. The number of carboxylic acid groups (broad SMARTS) is 1. The van der Waals surface area contributed by atoms with Crippen LogP contribution in [0, 0.1) is 25.6 Å². The summed E-state index contributed by atoms with van der Waals surface area (Å²) in [6.07, 6.45) is 3.89. The molecule has 0 radical (unpaired) electrons. The third-order valence-electron chi connectivity index (χ3n) is 7.52. The molecule has 0 spiro atoms. The fourth-order valence-electron chi connectivity index (χ4n) is 5.72. The van der Waals surface area contributed by atoms with Gasteiger partial charge in [-0.1, -0.05) is 6.07 Å². The summed E-state index contributed by atoms with van der Waals surface area (Å²) in [6, 6.07) is 11.2. The molecule has 2 aromatic carbocycles. The molecule has 9 heteroatoms. The van der Waals surface area contributed by atoms with Crippen LogP contribution in [0.4, 0.5) is 10.1 Å². The van der Waals surface area contributed by atoms with Crippen LogP contribution < -0.4 is 5.32 Å². The maximum atomic E-state index is 15.2. The van der Waals surface area contributed by atoms with Crippen LogP contribution in [0.1, 0.15) is 52.7 Å². The van der Waals surface area contributed by atoms with E-state index < -0.39 is 5.97 Å². The number of tetrazole rings is 1. The Labute approximate surface area is 213 Å². The zero-order valence-corrected chi connectivity index (χ0v) is 20.9. The number of pyridine rings is 1. The zero-order chi connectivity index (χ0) is 25.8. The molecule has 6 rings (SSSR count). The van der Waals surface area contributed by atoms with Gasteiger partial charge in [-0.05, 0) is 96.5 Å². The fourth-order valence-corrected chi connectivity index (χ4v) is 5.72. The summed E-state index contributed by atoms with van der Waals surface area (Å²) in [7, 11) is 1.74. The number of carboxylic acids is 1. The van der Waals surface area contributed by atoms with Crippen molar-refractivity contribution >= 4 is 11.7 Å². The highest BCUT2D eigenvalue weighted by molar-refractivity contribution is 5.79. The monoisotopic (exact) mass is 498 g/mol. The molecule has 1 fully saturated rings. The Bertz CT molecular complexity index is 1510. The van der Waals surface area contributed by atoms with E-state index in [1.54, 1.807) is 19.3 Å². The summed E-state index contributed by atoms with van der Waals surface area (Å²) in [5.41, 5.74) is 8.54. The molecule has 1 unspecified atom stereocenters. The van der Waals surface area contributed by atoms with E-state index in [4.69, 9.17) is 5.11 Å². The summed E-state index contributed by atoms with van der Waals surface area (Å²) in [6.45, 7) is 4.12. The van der Waals surface area contributed by atoms with E-state index in [0.29, 0.717) is 17.8 Å². The van der Waals surface area contributed by atoms with Gasteiger partial charge in [0.1, 0.15) is 5.82 Å². The Hall–Kier alpha value is -4.14. The second kappa shape index (κ2) is 8.76. The number of nitrogens with one attached hydrogen (secondary N) is 1. The van der Waals surface area contributed by atoms with E-state index in [9.17, 15) is 4.79 Å². The molecule has 2 N–H and O–H groups in total. The third-order valence-corrected chi connectivity index (χ3v) is 7.52. The van der Waals surface area contributed by atoms with Crippen LogP contribution in [-0.4, -0.2) is 36.3 Å². The number of hydrogen-bond donors (Lipinski definition) is 2. The number of halogens is 1. The van der Waals surface area contributed by atoms with Gasteiger partial charge in [-0.25, -0.2) is 4.39 Å². The number of carbonyl (C=O) groups is 1. The number of anilines is 1. The van der Waals surface area contributed by atoms with Crippen LogP contribution in [0.3, 0.4) is 0 Å². The first-order valence-electron chi connectivity index (χ1n) is 12.4. The van der Waals surface area contributed by atoms with Crippen LogP contribution in [0.15, 0.2) is 42.6 Å². The first-order valence-corrected chi connectivity index (χ1v) is 12.4. The first-order chi connectivity index (χ1) is 17.8. The van der Waals surface area contributed by atoms with Crippen LogP contribution in [0.2, 0.25) is 0 Å². The summed E-state index contributed by atoms with van der Waals surface area (Å²) in [5, 5.41) is 25.0. The number of nitrogens with zero attached hydrogens (tertiary/aromatic N) is 5. The maximum absolute atomic E-state index is 15.2. The predicted molar refractivity (Wildman–Crippen MR) is 137 cm³/mol. The predicted octanol–water partition coefficient (Wildman–Crippen LogP) is 4.98. The van der Waals surface area contributed by atoms with Gasteiger partial charge in [-0.15, -0.1) is 10.2 Å². The van der Waals surface area contributed by atoms with Gasteiger partial charge in [0.2, 0.25) is 5.82 Å². The number of hydrogen-bond acceptors (Lipinski definition) is 6. The molecule has 2 heterocycles. The summed E-state index contributed by atoms with van der Waals surface area (Å²) in [5.74, 6) is -0.752. The van der Waals surface area contributed by atoms with Crippen molar-refractivity contribution in [2.24, 2.45) is 13.0 Å². The van der Waals surface area contributed by atoms with Crippen molar-refractivity contribution in [3.8, 4) is 22.5 Å². The van der Waals surface area contributed by atoms with Crippen molar-refractivity contribution in [3.63, 3.8) is 0 Å². The lowest BCUT2D eigenvalue weighted by atomic mass is 9.89. The summed E-state index contributed by atoms with van der Waals surface area (Å²) >= 11 is 0. The summed E-state index contributed by atoms with van der Waals surface area (Å²) in [4.78, 5) is 17.1. The van der Waals surface area contributed by atoms with Gasteiger partial charge in [0.25, 0.3) is 0 Å². The second-order valence-electron chi connectivity index (χ2n) is 10.1. The normalized spacial score (nSPS) is 20.1. The number of benzene rings is 2. The molecule has 4 aromatic rings. The Morgan fingerprint density at radius 1 is 1.16 bits per heavy atom. The SMILES string of the molecule is Cc1cc(-c2nnn(C)n2)cc(C)c1-c1ccc(F)c2c1CCC2Nc1ccc([C@H]2C[C@@H]2C(=O)O)nc1. The number of fused-ring (bicyclic) bond motifs is 1. The number of aliphatic carboxylic acids is 1. The molecule has 8 nitrogen and oxygen atoms in total. The average Bonchev–Trinajstić information content (AvgIpc) is 3.38. The van der Waals surface area contributed by atoms with Crippen LogP contribution in [0.25, 0.3) is 22.5 Å².